The van der Waals surface area contributed by atoms with Crippen LogP contribution in [0.4, 0.5) is 0 Å². The molecule has 1 fully saturated rings. The van der Waals surface area contributed by atoms with E-state index in [9.17, 15) is 4.79 Å². The molecular formula is C7H12O5. The molecule has 12 heavy (non-hydrogen) atoms. The number of aliphatic carboxylic acids is 1. The molecule has 1 aliphatic rings. The van der Waals surface area contributed by atoms with Gasteiger partial charge in [0.15, 0.2) is 11.9 Å². The summed E-state index contributed by atoms with van der Waals surface area (Å²) in [4.78, 5) is 10.3. The van der Waals surface area contributed by atoms with Crippen molar-refractivity contribution < 1.29 is 24.5 Å². The van der Waals surface area contributed by atoms with E-state index in [2.05, 4.69) is 0 Å². The molecular weight excluding hydrogens is 164 g/mol. The van der Waals surface area contributed by atoms with Crippen LogP contribution in [0.15, 0.2) is 0 Å². The van der Waals surface area contributed by atoms with E-state index in [1.165, 1.54) is 0 Å². The molecule has 1 rings (SSSR count). The van der Waals surface area contributed by atoms with Crippen molar-refractivity contribution in [3.05, 3.63) is 0 Å². The molecule has 70 valence electrons. The van der Waals surface area contributed by atoms with Gasteiger partial charge in [-0.05, 0) is 13.8 Å². The molecule has 2 atom stereocenters. The Balaban J connectivity index is 2.52. The fourth-order valence-electron chi connectivity index (χ4n) is 1.03. The Labute approximate surface area is 69.9 Å². The molecule has 2 N–H and O–H groups in total. The maximum atomic E-state index is 10.3. The van der Waals surface area contributed by atoms with Gasteiger partial charge in [-0.2, -0.15) is 0 Å². The van der Waals surface area contributed by atoms with E-state index in [0.29, 0.717) is 0 Å². The van der Waals surface area contributed by atoms with Crippen molar-refractivity contribution in [3.8, 4) is 0 Å². The van der Waals surface area contributed by atoms with Gasteiger partial charge in [0.1, 0.15) is 6.10 Å². The van der Waals surface area contributed by atoms with E-state index < -0.39 is 24.0 Å². The van der Waals surface area contributed by atoms with Crippen LogP contribution in [0.5, 0.6) is 0 Å². The minimum absolute atomic E-state index is 0.112. The molecule has 1 saturated heterocycles. The first kappa shape index (κ1) is 9.44. The molecule has 0 amide bonds. The molecule has 0 saturated carbocycles. The summed E-state index contributed by atoms with van der Waals surface area (Å²) >= 11 is 0. The zero-order valence-corrected chi connectivity index (χ0v) is 6.98. The third-order valence-electron chi connectivity index (χ3n) is 1.64. The number of hydrogen-bond donors (Lipinski definition) is 2. The number of rotatable bonds is 2. The van der Waals surface area contributed by atoms with Gasteiger partial charge in [-0.3, -0.25) is 0 Å². The summed E-state index contributed by atoms with van der Waals surface area (Å²) < 4.78 is 10.2. The molecule has 0 bridgehead atoms. The van der Waals surface area contributed by atoms with E-state index in [-0.39, 0.29) is 6.61 Å². The highest BCUT2D eigenvalue weighted by Gasteiger charge is 2.39. The number of aliphatic hydroxyl groups is 1. The van der Waals surface area contributed by atoms with Crippen LogP contribution in [0.3, 0.4) is 0 Å². The Morgan fingerprint density at radius 1 is 1.67 bits per heavy atom. The fraction of sp³-hybridized carbons (Fsp3) is 0.857. The molecule has 1 heterocycles. The van der Waals surface area contributed by atoms with Gasteiger partial charge >= 0.3 is 5.97 Å². The SMILES string of the molecule is CC1(C)OC[C@H]([C@@H](O)C(=O)O)O1. The highest BCUT2D eigenvalue weighted by atomic mass is 16.7. The van der Waals surface area contributed by atoms with Crippen LogP contribution in [0.1, 0.15) is 13.8 Å². The van der Waals surface area contributed by atoms with Crippen LogP contribution >= 0.6 is 0 Å². The average molecular weight is 176 g/mol. The predicted molar refractivity (Wildman–Crippen MR) is 38.5 cm³/mol. The first-order chi connectivity index (χ1) is 5.42. The van der Waals surface area contributed by atoms with Crippen LogP contribution in [0, 0.1) is 0 Å². The maximum Gasteiger partial charge on any atom is 0.335 e. The molecule has 0 unspecified atom stereocenters. The van der Waals surface area contributed by atoms with Gasteiger partial charge in [0, 0.05) is 0 Å². The van der Waals surface area contributed by atoms with Gasteiger partial charge in [-0.15, -0.1) is 0 Å². The molecule has 0 aromatic carbocycles. The minimum Gasteiger partial charge on any atom is -0.479 e. The first-order valence-electron chi connectivity index (χ1n) is 3.65. The number of aliphatic hydroxyl groups excluding tert-OH is 1. The minimum atomic E-state index is -1.51. The number of carboxylic acids is 1. The van der Waals surface area contributed by atoms with Crippen LogP contribution < -0.4 is 0 Å². The van der Waals surface area contributed by atoms with Crippen LogP contribution in [-0.2, 0) is 14.3 Å². The van der Waals surface area contributed by atoms with Gasteiger partial charge < -0.3 is 19.7 Å². The topological polar surface area (TPSA) is 76.0 Å². The predicted octanol–water partition coefficient (Wildman–Crippen LogP) is -0.417. The van der Waals surface area contributed by atoms with Crippen molar-refractivity contribution in [2.24, 2.45) is 0 Å². The van der Waals surface area contributed by atoms with Crippen molar-refractivity contribution in [3.63, 3.8) is 0 Å². The van der Waals surface area contributed by atoms with Gasteiger partial charge in [0.2, 0.25) is 0 Å². The molecule has 0 aromatic heterocycles. The Kier molecular flexibility index (Phi) is 2.36. The largest absolute Gasteiger partial charge is 0.479 e. The highest BCUT2D eigenvalue weighted by Crippen LogP contribution is 2.24. The Morgan fingerprint density at radius 3 is 2.58 bits per heavy atom. The highest BCUT2D eigenvalue weighted by molar-refractivity contribution is 5.72. The molecule has 5 heteroatoms. The van der Waals surface area contributed by atoms with Crippen LogP contribution in [-0.4, -0.2) is 40.8 Å². The lowest BCUT2D eigenvalue weighted by Gasteiger charge is -2.18. The van der Waals surface area contributed by atoms with Crippen LogP contribution in [0.25, 0.3) is 0 Å². The van der Waals surface area contributed by atoms with Gasteiger partial charge in [0.25, 0.3) is 0 Å². The van der Waals surface area contributed by atoms with E-state index in [1.54, 1.807) is 13.8 Å². The Hall–Kier alpha value is -0.650. The fourth-order valence-corrected chi connectivity index (χ4v) is 1.03. The van der Waals surface area contributed by atoms with Crippen molar-refractivity contribution >= 4 is 5.97 Å². The molecule has 0 radical (unpaired) electrons. The lowest BCUT2D eigenvalue weighted by atomic mass is 10.2. The zero-order chi connectivity index (χ0) is 9.35. The van der Waals surface area contributed by atoms with E-state index in [4.69, 9.17) is 19.7 Å². The third-order valence-corrected chi connectivity index (χ3v) is 1.64. The zero-order valence-electron chi connectivity index (χ0n) is 6.98. The molecule has 0 aromatic rings. The number of carbonyl (C=O) groups is 1. The average Bonchev–Trinajstić information content (AvgIpc) is 2.28. The lowest BCUT2D eigenvalue weighted by Crippen LogP contribution is -2.36. The summed E-state index contributed by atoms with van der Waals surface area (Å²) in [6, 6.07) is 0. The second-order valence-electron chi connectivity index (χ2n) is 3.15. The van der Waals surface area contributed by atoms with Crippen molar-refractivity contribution in [1.82, 2.24) is 0 Å². The number of ether oxygens (including phenoxy) is 2. The summed E-state index contributed by atoms with van der Waals surface area (Å²) in [7, 11) is 0. The molecule has 0 spiro atoms. The summed E-state index contributed by atoms with van der Waals surface area (Å²) in [5, 5.41) is 17.5. The third kappa shape index (κ3) is 1.94. The molecule has 1 aliphatic heterocycles. The van der Waals surface area contributed by atoms with Gasteiger partial charge in [0.05, 0.1) is 6.61 Å². The molecule has 0 aliphatic carbocycles. The van der Waals surface area contributed by atoms with Crippen LogP contribution in [0.2, 0.25) is 0 Å². The second-order valence-corrected chi connectivity index (χ2v) is 3.15. The maximum absolute atomic E-state index is 10.3. The Morgan fingerprint density at radius 2 is 2.25 bits per heavy atom. The summed E-state index contributed by atoms with van der Waals surface area (Å²) in [5.74, 6) is -2.08. The number of hydrogen-bond acceptors (Lipinski definition) is 4. The monoisotopic (exact) mass is 176 g/mol. The van der Waals surface area contributed by atoms with Crippen molar-refractivity contribution in [2.45, 2.75) is 31.8 Å². The quantitative estimate of drug-likeness (QED) is 0.597. The van der Waals surface area contributed by atoms with E-state index >= 15 is 0 Å². The Bertz CT molecular complexity index is 188. The first-order valence-corrected chi connectivity index (χ1v) is 3.65. The van der Waals surface area contributed by atoms with Crippen molar-refractivity contribution in [1.29, 1.82) is 0 Å². The molecule has 5 nitrogen and oxygen atoms in total. The summed E-state index contributed by atoms with van der Waals surface area (Å²) in [6.07, 6.45) is -2.27. The van der Waals surface area contributed by atoms with Crippen molar-refractivity contribution in [2.75, 3.05) is 6.61 Å². The lowest BCUT2D eigenvalue weighted by molar-refractivity contribution is -0.168. The normalized spacial score (nSPS) is 30.1. The number of carboxylic acid groups (broad SMARTS) is 1. The standard InChI is InChI=1S/C7H12O5/c1-7(2)11-3-4(12-7)5(8)6(9)10/h4-5,8H,3H2,1-2H3,(H,9,10)/t4-,5-/m1/s1. The van der Waals surface area contributed by atoms with Gasteiger partial charge in [-0.1, -0.05) is 0 Å². The van der Waals surface area contributed by atoms with E-state index in [1.807, 2.05) is 0 Å². The summed E-state index contributed by atoms with van der Waals surface area (Å²) in [6.45, 7) is 3.45. The van der Waals surface area contributed by atoms with E-state index in [0.717, 1.165) is 0 Å². The summed E-state index contributed by atoms with van der Waals surface area (Å²) in [5.41, 5.74) is 0. The second kappa shape index (κ2) is 3.01. The smallest absolute Gasteiger partial charge is 0.335 e. The van der Waals surface area contributed by atoms with Gasteiger partial charge in [-0.25, -0.2) is 4.79 Å².